The first-order valence-corrected chi connectivity index (χ1v) is 9.44. The molecule has 4 rings (SSSR count). The molecule has 4 N–H and O–H groups in total. The van der Waals surface area contributed by atoms with Crippen LogP contribution in [0.2, 0.25) is 0 Å². The van der Waals surface area contributed by atoms with Crippen LogP contribution in [0.15, 0.2) is 83.9 Å². The van der Waals surface area contributed by atoms with Crippen LogP contribution in [0.3, 0.4) is 0 Å². The molecule has 0 saturated carbocycles. The molecule has 1 aliphatic rings. The highest BCUT2D eigenvalue weighted by Gasteiger charge is 2.21. The topological polar surface area (TPSA) is 88.7 Å². The van der Waals surface area contributed by atoms with Crippen LogP contribution in [0.4, 0.5) is 11.4 Å². The summed E-state index contributed by atoms with van der Waals surface area (Å²) in [6, 6.07) is 25.2. The van der Waals surface area contributed by atoms with Crippen molar-refractivity contribution in [2.24, 2.45) is 4.99 Å². The van der Waals surface area contributed by atoms with Gasteiger partial charge in [0.05, 0.1) is 17.9 Å². The molecule has 3 aromatic rings. The lowest BCUT2D eigenvalue weighted by molar-refractivity contribution is 0.102. The number of hydrogen-bond acceptors (Lipinski definition) is 5. The number of rotatable bonds is 5. The normalized spacial score (nSPS) is 15.3. The van der Waals surface area contributed by atoms with E-state index in [2.05, 4.69) is 15.6 Å². The Kier molecular flexibility index (Phi) is 5.42. The molecule has 0 spiro atoms. The molecule has 0 aromatic heterocycles. The average molecular weight is 386 g/mol. The standard InChI is InChI=1S/C23H22N4O2/c24-19-8-4-5-9-20(19)27-22(28)18-12-10-16(11-13-18)14-25-23-26-15-21(29-23)17-6-2-1-3-7-17/h1-13,21H,14-15,24H2,(H,25,26)(H,27,28)/t21-/m1/s1. The van der Waals surface area contributed by atoms with Gasteiger partial charge in [0.25, 0.3) is 11.9 Å². The molecule has 0 radical (unpaired) electrons. The molecule has 1 aliphatic heterocycles. The summed E-state index contributed by atoms with van der Waals surface area (Å²) < 4.78 is 5.87. The second kappa shape index (κ2) is 8.48. The minimum atomic E-state index is -0.198. The van der Waals surface area contributed by atoms with Crippen molar-refractivity contribution in [2.45, 2.75) is 12.6 Å². The number of anilines is 2. The van der Waals surface area contributed by atoms with Crippen molar-refractivity contribution in [1.82, 2.24) is 5.32 Å². The van der Waals surface area contributed by atoms with Crippen molar-refractivity contribution in [1.29, 1.82) is 0 Å². The quantitative estimate of drug-likeness (QED) is 0.583. The molecule has 29 heavy (non-hydrogen) atoms. The zero-order valence-electron chi connectivity index (χ0n) is 15.8. The van der Waals surface area contributed by atoms with Gasteiger partial charge < -0.3 is 21.1 Å². The van der Waals surface area contributed by atoms with Gasteiger partial charge in [-0.3, -0.25) is 4.79 Å². The van der Waals surface area contributed by atoms with Crippen molar-refractivity contribution in [3.8, 4) is 0 Å². The Bertz CT molecular complexity index is 1020. The third-order valence-corrected chi connectivity index (χ3v) is 4.69. The first kappa shape index (κ1) is 18.6. The number of nitrogen functional groups attached to an aromatic ring is 1. The molecular formula is C23H22N4O2. The Labute approximate surface area is 169 Å². The van der Waals surface area contributed by atoms with Crippen molar-refractivity contribution in [3.63, 3.8) is 0 Å². The molecule has 1 amide bonds. The van der Waals surface area contributed by atoms with Gasteiger partial charge in [-0.2, -0.15) is 0 Å². The fourth-order valence-electron chi connectivity index (χ4n) is 3.07. The van der Waals surface area contributed by atoms with E-state index in [0.717, 1.165) is 11.1 Å². The summed E-state index contributed by atoms with van der Waals surface area (Å²) in [4.78, 5) is 16.8. The second-order valence-corrected chi connectivity index (χ2v) is 6.75. The summed E-state index contributed by atoms with van der Waals surface area (Å²) >= 11 is 0. The average Bonchev–Trinajstić information content (AvgIpc) is 3.24. The number of ether oxygens (including phenoxy) is 1. The van der Waals surface area contributed by atoms with Gasteiger partial charge in [0.1, 0.15) is 6.10 Å². The summed E-state index contributed by atoms with van der Waals surface area (Å²) in [5.41, 5.74) is 9.71. The smallest absolute Gasteiger partial charge is 0.285 e. The highest BCUT2D eigenvalue weighted by atomic mass is 16.5. The van der Waals surface area contributed by atoms with E-state index in [1.165, 1.54) is 0 Å². The SMILES string of the molecule is Nc1ccccc1NC(=O)c1ccc(CNC2=NC[C@H](c3ccccc3)O2)cc1. The molecule has 0 fully saturated rings. The van der Waals surface area contributed by atoms with E-state index < -0.39 is 0 Å². The number of aliphatic imine (C=N–C) groups is 1. The molecular weight excluding hydrogens is 364 g/mol. The number of nitrogens with zero attached hydrogens (tertiary/aromatic N) is 1. The highest BCUT2D eigenvalue weighted by molar-refractivity contribution is 6.05. The van der Waals surface area contributed by atoms with Gasteiger partial charge >= 0.3 is 0 Å². The predicted molar refractivity (Wildman–Crippen MR) is 115 cm³/mol. The van der Waals surface area contributed by atoms with Crippen LogP contribution >= 0.6 is 0 Å². The van der Waals surface area contributed by atoms with E-state index in [-0.39, 0.29) is 12.0 Å². The molecule has 146 valence electrons. The van der Waals surface area contributed by atoms with E-state index >= 15 is 0 Å². The number of amidine groups is 1. The van der Waals surface area contributed by atoms with E-state index in [9.17, 15) is 4.79 Å². The van der Waals surface area contributed by atoms with Gasteiger partial charge in [-0.05, 0) is 35.4 Å². The van der Waals surface area contributed by atoms with Gasteiger partial charge in [-0.1, -0.05) is 54.6 Å². The van der Waals surface area contributed by atoms with Crippen molar-refractivity contribution in [2.75, 3.05) is 17.6 Å². The fraction of sp³-hybridized carbons (Fsp3) is 0.130. The predicted octanol–water partition coefficient (Wildman–Crippen LogP) is 3.74. The van der Waals surface area contributed by atoms with E-state index in [1.807, 2.05) is 54.6 Å². The summed E-state index contributed by atoms with van der Waals surface area (Å²) in [7, 11) is 0. The number of nitrogens with two attached hydrogens (primary N) is 1. The lowest BCUT2D eigenvalue weighted by Crippen LogP contribution is -2.23. The van der Waals surface area contributed by atoms with Gasteiger partial charge in [-0.25, -0.2) is 4.99 Å². The monoisotopic (exact) mass is 386 g/mol. The molecule has 0 saturated heterocycles. The Morgan fingerprint density at radius 3 is 2.48 bits per heavy atom. The zero-order chi connectivity index (χ0) is 20.1. The van der Waals surface area contributed by atoms with E-state index in [0.29, 0.717) is 36.0 Å². The zero-order valence-corrected chi connectivity index (χ0v) is 15.8. The third kappa shape index (κ3) is 4.55. The maximum absolute atomic E-state index is 12.4. The van der Waals surface area contributed by atoms with Crippen molar-refractivity contribution < 1.29 is 9.53 Å². The van der Waals surface area contributed by atoms with E-state index in [1.54, 1.807) is 24.3 Å². The van der Waals surface area contributed by atoms with Gasteiger partial charge in [-0.15, -0.1) is 0 Å². The number of amides is 1. The van der Waals surface area contributed by atoms with Gasteiger partial charge in [0, 0.05) is 12.1 Å². The van der Waals surface area contributed by atoms with Crippen LogP contribution < -0.4 is 16.4 Å². The first-order valence-electron chi connectivity index (χ1n) is 9.44. The largest absolute Gasteiger partial charge is 0.455 e. The number of hydrogen-bond donors (Lipinski definition) is 3. The fourth-order valence-corrected chi connectivity index (χ4v) is 3.07. The van der Waals surface area contributed by atoms with Gasteiger partial charge in [0.15, 0.2) is 0 Å². The maximum atomic E-state index is 12.4. The van der Waals surface area contributed by atoms with Crippen LogP contribution in [0.1, 0.15) is 27.6 Å². The van der Waals surface area contributed by atoms with Crippen LogP contribution in [-0.2, 0) is 11.3 Å². The summed E-state index contributed by atoms with van der Waals surface area (Å²) in [6.45, 7) is 1.17. The third-order valence-electron chi connectivity index (χ3n) is 4.69. The molecule has 6 nitrogen and oxygen atoms in total. The molecule has 0 bridgehead atoms. The Morgan fingerprint density at radius 2 is 1.72 bits per heavy atom. The molecule has 6 heteroatoms. The highest BCUT2D eigenvalue weighted by Crippen LogP contribution is 2.22. The molecule has 1 atom stereocenters. The summed E-state index contributed by atoms with van der Waals surface area (Å²) in [5.74, 6) is -0.198. The van der Waals surface area contributed by atoms with Crippen molar-refractivity contribution >= 4 is 23.3 Å². The lowest BCUT2D eigenvalue weighted by atomic mass is 10.1. The summed E-state index contributed by atoms with van der Waals surface area (Å²) in [5, 5.41) is 6.03. The van der Waals surface area contributed by atoms with Crippen LogP contribution in [0.25, 0.3) is 0 Å². The summed E-state index contributed by atoms with van der Waals surface area (Å²) in [6.07, 6.45) is -0.0461. The lowest BCUT2D eigenvalue weighted by Gasteiger charge is -2.12. The number of carbonyl (C=O) groups is 1. The number of benzene rings is 3. The van der Waals surface area contributed by atoms with Crippen LogP contribution in [0, 0.1) is 0 Å². The van der Waals surface area contributed by atoms with Crippen LogP contribution in [0.5, 0.6) is 0 Å². The van der Waals surface area contributed by atoms with Crippen LogP contribution in [-0.4, -0.2) is 18.5 Å². The first-order chi connectivity index (χ1) is 14.2. The van der Waals surface area contributed by atoms with E-state index in [4.69, 9.17) is 10.5 Å². The van der Waals surface area contributed by atoms with Crippen molar-refractivity contribution in [3.05, 3.63) is 95.6 Å². The second-order valence-electron chi connectivity index (χ2n) is 6.75. The molecule has 0 unspecified atom stereocenters. The minimum Gasteiger partial charge on any atom is -0.455 e. The Balaban J connectivity index is 1.30. The minimum absolute atomic E-state index is 0.0461. The Hall–Kier alpha value is -3.80. The number of nitrogens with one attached hydrogen (secondary N) is 2. The molecule has 1 heterocycles. The number of carbonyl (C=O) groups excluding carboxylic acids is 1. The molecule has 0 aliphatic carbocycles. The Morgan fingerprint density at radius 1 is 1.00 bits per heavy atom. The van der Waals surface area contributed by atoms with Gasteiger partial charge in [0.2, 0.25) is 0 Å². The number of para-hydroxylation sites is 2. The molecule has 3 aromatic carbocycles. The maximum Gasteiger partial charge on any atom is 0.285 e.